The highest BCUT2D eigenvalue weighted by Crippen LogP contribution is 2.20. The molecule has 1 N–H and O–H groups in total. The molecule has 116 valence electrons. The number of hydrogen-bond acceptors (Lipinski definition) is 3. The van der Waals surface area contributed by atoms with Gasteiger partial charge in [0.15, 0.2) is 0 Å². The zero-order chi connectivity index (χ0) is 14.7. The molecule has 0 amide bonds. The zero-order valence-electron chi connectivity index (χ0n) is 13.9. The first-order chi connectivity index (χ1) is 9.17. The van der Waals surface area contributed by atoms with Crippen molar-refractivity contribution >= 4 is 0 Å². The van der Waals surface area contributed by atoms with Crippen LogP contribution in [0.2, 0.25) is 0 Å². The molecule has 0 spiro atoms. The SMILES string of the molecule is CC.CCC(CCN(C)CCO)N1CCC(C)CC1. The molecule has 1 fully saturated rings. The summed E-state index contributed by atoms with van der Waals surface area (Å²) in [6, 6.07) is 0.739. The Morgan fingerprint density at radius 2 is 1.79 bits per heavy atom. The van der Waals surface area contributed by atoms with Crippen LogP contribution in [-0.4, -0.2) is 60.8 Å². The maximum atomic E-state index is 8.88. The molecule has 1 aliphatic heterocycles. The van der Waals surface area contributed by atoms with Gasteiger partial charge in [0.1, 0.15) is 0 Å². The van der Waals surface area contributed by atoms with E-state index in [1.54, 1.807) is 0 Å². The lowest BCUT2D eigenvalue weighted by molar-refractivity contribution is 0.117. The van der Waals surface area contributed by atoms with E-state index in [2.05, 4.69) is 30.7 Å². The largest absolute Gasteiger partial charge is 0.395 e. The number of aliphatic hydroxyl groups excluding tert-OH is 1. The molecule has 1 rings (SSSR count). The van der Waals surface area contributed by atoms with Crippen LogP contribution in [-0.2, 0) is 0 Å². The molecule has 3 heteroatoms. The maximum absolute atomic E-state index is 8.88. The van der Waals surface area contributed by atoms with Crippen molar-refractivity contribution in [1.29, 1.82) is 0 Å². The van der Waals surface area contributed by atoms with Crippen LogP contribution in [0.3, 0.4) is 0 Å². The Kier molecular flexibility index (Phi) is 11.6. The van der Waals surface area contributed by atoms with Crippen LogP contribution in [0.5, 0.6) is 0 Å². The van der Waals surface area contributed by atoms with Crippen LogP contribution in [0.15, 0.2) is 0 Å². The number of likely N-dealkylation sites (N-methyl/N-ethyl adjacent to an activating group) is 1. The van der Waals surface area contributed by atoms with Crippen molar-refractivity contribution in [3.63, 3.8) is 0 Å². The first kappa shape index (κ1) is 18.9. The Labute approximate surface area is 121 Å². The van der Waals surface area contributed by atoms with E-state index in [1.807, 2.05) is 13.8 Å². The van der Waals surface area contributed by atoms with Gasteiger partial charge in [0.05, 0.1) is 6.61 Å². The van der Waals surface area contributed by atoms with E-state index >= 15 is 0 Å². The average molecular weight is 272 g/mol. The Hall–Kier alpha value is -0.120. The van der Waals surface area contributed by atoms with Gasteiger partial charge in [0, 0.05) is 12.6 Å². The third-order valence-electron chi connectivity index (χ3n) is 4.13. The Morgan fingerprint density at radius 1 is 1.21 bits per heavy atom. The summed E-state index contributed by atoms with van der Waals surface area (Å²) in [4.78, 5) is 4.90. The second-order valence-corrected chi connectivity index (χ2v) is 5.60. The lowest BCUT2D eigenvalue weighted by Gasteiger charge is -2.37. The van der Waals surface area contributed by atoms with Crippen LogP contribution < -0.4 is 0 Å². The predicted octanol–water partition coefficient (Wildman–Crippen LogP) is 2.84. The summed E-state index contributed by atoms with van der Waals surface area (Å²) in [5.74, 6) is 0.917. The molecule has 0 aliphatic carbocycles. The second-order valence-electron chi connectivity index (χ2n) is 5.60. The topological polar surface area (TPSA) is 26.7 Å². The van der Waals surface area contributed by atoms with Crippen LogP contribution in [0.4, 0.5) is 0 Å². The van der Waals surface area contributed by atoms with Crippen LogP contribution in [0.1, 0.15) is 53.4 Å². The molecule has 3 nitrogen and oxygen atoms in total. The van der Waals surface area contributed by atoms with Crippen molar-refractivity contribution in [3.8, 4) is 0 Å². The molecule has 0 aromatic rings. The van der Waals surface area contributed by atoms with E-state index in [4.69, 9.17) is 5.11 Å². The quantitative estimate of drug-likeness (QED) is 0.772. The fraction of sp³-hybridized carbons (Fsp3) is 1.00. The molecule has 19 heavy (non-hydrogen) atoms. The maximum Gasteiger partial charge on any atom is 0.0558 e. The van der Waals surface area contributed by atoms with Gasteiger partial charge < -0.3 is 14.9 Å². The highest BCUT2D eigenvalue weighted by molar-refractivity contribution is 4.77. The summed E-state index contributed by atoms with van der Waals surface area (Å²) in [5.41, 5.74) is 0. The van der Waals surface area contributed by atoms with Gasteiger partial charge in [-0.25, -0.2) is 0 Å². The van der Waals surface area contributed by atoms with Gasteiger partial charge in [0.2, 0.25) is 0 Å². The summed E-state index contributed by atoms with van der Waals surface area (Å²) >= 11 is 0. The van der Waals surface area contributed by atoms with E-state index in [-0.39, 0.29) is 6.61 Å². The van der Waals surface area contributed by atoms with Crippen molar-refractivity contribution in [2.75, 3.05) is 39.8 Å². The summed E-state index contributed by atoms with van der Waals surface area (Å²) in [6.45, 7) is 13.4. The molecule has 0 bridgehead atoms. The molecule has 1 atom stereocenters. The molecule has 0 aromatic carbocycles. The van der Waals surface area contributed by atoms with Crippen molar-refractivity contribution in [1.82, 2.24) is 9.80 Å². The van der Waals surface area contributed by atoms with Crippen molar-refractivity contribution in [2.45, 2.75) is 59.4 Å². The van der Waals surface area contributed by atoms with E-state index < -0.39 is 0 Å². The monoisotopic (exact) mass is 272 g/mol. The number of likely N-dealkylation sites (tertiary alicyclic amines) is 1. The number of piperidine rings is 1. The predicted molar refractivity (Wildman–Crippen MR) is 84.6 cm³/mol. The minimum absolute atomic E-state index is 0.272. The van der Waals surface area contributed by atoms with Gasteiger partial charge in [-0.05, 0) is 58.3 Å². The number of nitrogens with zero attached hydrogens (tertiary/aromatic N) is 2. The fourth-order valence-electron chi connectivity index (χ4n) is 2.69. The molecule has 0 saturated carbocycles. The van der Waals surface area contributed by atoms with Crippen molar-refractivity contribution in [3.05, 3.63) is 0 Å². The first-order valence-corrected chi connectivity index (χ1v) is 8.20. The second kappa shape index (κ2) is 11.7. The molecule has 1 aliphatic rings. The third-order valence-corrected chi connectivity index (χ3v) is 4.13. The molecule has 1 saturated heterocycles. The van der Waals surface area contributed by atoms with Gasteiger partial charge in [-0.15, -0.1) is 0 Å². The fourth-order valence-corrected chi connectivity index (χ4v) is 2.69. The zero-order valence-corrected chi connectivity index (χ0v) is 13.9. The van der Waals surface area contributed by atoms with E-state index in [9.17, 15) is 0 Å². The minimum atomic E-state index is 0.272. The van der Waals surface area contributed by atoms with Gasteiger partial charge >= 0.3 is 0 Å². The lowest BCUT2D eigenvalue weighted by Crippen LogP contribution is -2.42. The third kappa shape index (κ3) is 7.91. The smallest absolute Gasteiger partial charge is 0.0558 e. The number of aliphatic hydroxyl groups is 1. The first-order valence-electron chi connectivity index (χ1n) is 8.20. The van der Waals surface area contributed by atoms with Gasteiger partial charge in [-0.1, -0.05) is 27.7 Å². The van der Waals surface area contributed by atoms with Crippen molar-refractivity contribution in [2.24, 2.45) is 5.92 Å². The molecule has 1 heterocycles. The minimum Gasteiger partial charge on any atom is -0.395 e. The summed E-state index contributed by atoms with van der Waals surface area (Å²) in [6.07, 6.45) is 5.22. The Balaban J connectivity index is 0.00000154. The number of rotatable bonds is 7. The standard InChI is InChI=1S/C14H30N2O.C2H6/c1-4-14(7-8-15(3)11-12-17)16-9-5-13(2)6-10-16;1-2/h13-14,17H,4-12H2,1-3H3;1-2H3. The molecule has 1 unspecified atom stereocenters. The molecule has 0 radical (unpaired) electrons. The highest BCUT2D eigenvalue weighted by Gasteiger charge is 2.21. The van der Waals surface area contributed by atoms with Gasteiger partial charge in [-0.2, -0.15) is 0 Å². The molecular formula is C16H36N2O. The number of hydrogen-bond donors (Lipinski definition) is 1. The summed E-state index contributed by atoms with van der Waals surface area (Å²) < 4.78 is 0. The van der Waals surface area contributed by atoms with Crippen molar-refractivity contribution < 1.29 is 5.11 Å². The molecule has 0 aromatic heterocycles. The van der Waals surface area contributed by atoms with Gasteiger partial charge in [0.25, 0.3) is 0 Å². The molecular weight excluding hydrogens is 236 g/mol. The average Bonchev–Trinajstić information content (AvgIpc) is 2.44. The van der Waals surface area contributed by atoms with Crippen LogP contribution >= 0.6 is 0 Å². The van der Waals surface area contributed by atoms with E-state index in [0.717, 1.165) is 25.0 Å². The van der Waals surface area contributed by atoms with Gasteiger partial charge in [-0.3, -0.25) is 0 Å². The van der Waals surface area contributed by atoms with E-state index in [1.165, 1.54) is 38.8 Å². The van der Waals surface area contributed by atoms with Crippen LogP contribution in [0, 0.1) is 5.92 Å². The summed E-state index contributed by atoms with van der Waals surface area (Å²) in [5, 5.41) is 8.88. The highest BCUT2D eigenvalue weighted by atomic mass is 16.3. The Bertz CT molecular complexity index is 191. The van der Waals surface area contributed by atoms with E-state index in [0.29, 0.717) is 0 Å². The normalized spacial score (nSPS) is 19.1. The Morgan fingerprint density at radius 3 is 2.26 bits per heavy atom. The van der Waals surface area contributed by atoms with Crippen LogP contribution in [0.25, 0.3) is 0 Å². The summed E-state index contributed by atoms with van der Waals surface area (Å²) in [7, 11) is 2.10. The lowest BCUT2D eigenvalue weighted by atomic mass is 9.96.